The summed E-state index contributed by atoms with van der Waals surface area (Å²) in [6, 6.07) is 9.85. The van der Waals surface area contributed by atoms with Crippen molar-refractivity contribution in [3.8, 4) is 0 Å². The van der Waals surface area contributed by atoms with Crippen LogP contribution in [0.1, 0.15) is 31.2 Å². The van der Waals surface area contributed by atoms with E-state index in [1.54, 1.807) is 0 Å². The van der Waals surface area contributed by atoms with Gasteiger partial charge in [-0.3, -0.25) is 0 Å². The monoisotopic (exact) mass is 235 g/mol. The lowest BCUT2D eigenvalue weighted by Crippen LogP contribution is -2.38. The number of hydrogen-bond acceptors (Lipinski definition) is 1. The molecule has 0 amide bonds. The summed E-state index contributed by atoms with van der Waals surface area (Å²) >= 11 is 6.22. The van der Waals surface area contributed by atoms with Crippen molar-refractivity contribution in [2.45, 2.75) is 44.2 Å². The molecule has 2 unspecified atom stereocenters. The highest BCUT2D eigenvalue weighted by Crippen LogP contribution is 2.33. The molecule has 0 saturated carbocycles. The molecule has 1 nitrogen and oxygen atoms in total. The molecule has 0 aromatic heterocycles. The Labute approximate surface area is 102 Å². The van der Waals surface area contributed by atoms with Crippen molar-refractivity contribution in [1.29, 1.82) is 0 Å². The second-order valence-electron chi connectivity index (χ2n) is 5.27. The second kappa shape index (κ2) is 4.38. The van der Waals surface area contributed by atoms with E-state index >= 15 is 0 Å². The molecule has 2 bridgehead atoms. The van der Waals surface area contributed by atoms with Crippen LogP contribution in [-0.4, -0.2) is 12.1 Å². The molecular formula is C14H18ClN. The van der Waals surface area contributed by atoms with Gasteiger partial charge in [-0.2, -0.15) is 0 Å². The molecular weight excluding hydrogens is 218 g/mol. The van der Waals surface area contributed by atoms with Crippen molar-refractivity contribution in [3.05, 3.63) is 34.9 Å². The Morgan fingerprint density at radius 1 is 1.12 bits per heavy atom. The maximum absolute atomic E-state index is 6.22. The Kier molecular flexibility index (Phi) is 2.91. The third-order valence-corrected chi connectivity index (χ3v) is 4.41. The van der Waals surface area contributed by atoms with E-state index in [0.29, 0.717) is 0 Å². The van der Waals surface area contributed by atoms with Crippen LogP contribution in [0.3, 0.4) is 0 Å². The number of benzene rings is 1. The highest BCUT2D eigenvalue weighted by molar-refractivity contribution is 6.31. The highest BCUT2D eigenvalue weighted by Gasteiger charge is 2.33. The summed E-state index contributed by atoms with van der Waals surface area (Å²) in [5, 5.41) is 4.63. The van der Waals surface area contributed by atoms with E-state index in [2.05, 4.69) is 17.4 Å². The topological polar surface area (TPSA) is 12.0 Å². The van der Waals surface area contributed by atoms with Crippen LogP contribution in [0.5, 0.6) is 0 Å². The van der Waals surface area contributed by atoms with E-state index in [1.807, 2.05) is 12.1 Å². The number of fused-ring (bicyclic) bond motifs is 2. The maximum Gasteiger partial charge on any atom is 0.0438 e. The van der Waals surface area contributed by atoms with E-state index in [0.717, 1.165) is 29.4 Å². The normalized spacial score (nSPS) is 32.9. The molecule has 2 saturated heterocycles. The zero-order valence-corrected chi connectivity index (χ0v) is 10.2. The third-order valence-electron chi connectivity index (χ3n) is 4.04. The van der Waals surface area contributed by atoms with Gasteiger partial charge in [0.05, 0.1) is 0 Å². The van der Waals surface area contributed by atoms with Crippen LogP contribution in [0.2, 0.25) is 5.02 Å². The van der Waals surface area contributed by atoms with Crippen molar-refractivity contribution in [2.24, 2.45) is 5.92 Å². The average Bonchev–Trinajstić information content (AvgIpc) is 2.62. The highest BCUT2D eigenvalue weighted by atomic mass is 35.5. The molecule has 1 aromatic carbocycles. The molecule has 0 radical (unpaired) electrons. The van der Waals surface area contributed by atoms with Gasteiger partial charge in [-0.15, -0.1) is 0 Å². The van der Waals surface area contributed by atoms with Crippen LogP contribution in [0.4, 0.5) is 0 Å². The molecule has 2 atom stereocenters. The van der Waals surface area contributed by atoms with Gasteiger partial charge in [-0.25, -0.2) is 0 Å². The van der Waals surface area contributed by atoms with Crippen molar-refractivity contribution in [2.75, 3.05) is 0 Å². The van der Waals surface area contributed by atoms with E-state index in [4.69, 9.17) is 11.6 Å². The van der Waals surface area contributed by atoms with Crippen molar-refractivity contribution < 1.29 is 0 Å². The third kappa shape index (κ3) is 2.11. The van der Waals surface area contributed by atoms with Gasteiger partial charge in [0.25, 0.3) is 0 Å². The Hall–Kier alpha value is -0.530. The van der Waals surface area contributed by atoms with Gasteiger partial charge in [0.15, 0.2) is 0 Å². The van der Waals surface area contributed by atoms with Crippen LogP contribution < -0.4 is 5.32 Å². The van der Waals surface area contributed by atoms with Gasteiger partial charge >= 0.3 is 0 Å². The van der Waals surface area contributed by atoms with E-state index in [-0.39, 0.29) is 0 Å². The number of hydrogen-bond donors (Lipinski definition) is 1. The van der Waals surface area contributed by atoms with Crippen LogP contribution in [0.25, 0.3) is 0 Å². The first kappa shape index (κ1) is 10.6. The number of nitrogens with one attached hydrogen (secondary N) is 1. The van der Waals surface area contributed by atoms with E-state index < -0.39 is 0 Å². The van der Waals surface area contributed by atoms with Crippen LogP contribution in [0, 0.1) is 5.92 Å². The van der Waals surface area contributed by atoms with Crippen LogP contribution in [0.15, 0.2) is 24.3 Å². The van der Waals surface area contributed by atoms with E-state index in [1.165, 1.54) is 31.2 Å². The number of halogens is 1. The lowest BCUT2D eigenvalue weighted by molar-refractivity contribution is 0.298. The number of rotatable bonds is 2. The minimum absolute atomic E-state index is 0.784. The molecule has 2 heterocycles. The van der Waals surface area contributed by atoms with Gasteiger partial charge in [0, 0.05) is 17.1 Å². The molecule has 3 rings (SSSR count). The Morgan fingerprint density at radius 2 is 1.81 bits per heavy atom. The van der Waals surface area contributed by atoms with Gasteiger partial charge in [0.1, 0.15) is 0 Å². The molecule has 0 aliphatic carbocycles. The first-order valence-electron chi connectivity index (χ1n) is 6.30. The van der Waals surface area contributed by atoms with Crippen molar-refractivity contribution >= 4 is 11.6 Å². The van der Waals surface area contributed by atoms with Crippen LogP contribution >= 0.6 is 11.6 Å². The fourth-order valence-electron chi connectivity index (χ4n) is 3.32. The maximum atomic E-state index is 6.22. The van der Waals surface area contributed by atoms with Crippen molar-refractivity contribution in [1.82, 2.24) is 5.32 Å². The molecule has 1 N–H and O–H groups in total. The number of piperidine rings is 1. The largest absolute Gasteiger partial charge is 0.311 e. The summed E-state index contributed by atoms with van der Waals surface area (Å²) in [7, 11) is 0. The molecule has 2 fully saturated rings. The molecule has 2 aliphatic heterocycles. The zero-order chi connectivity index (χ0) is 11.0. The van der Waals surface area contributed by atoms with Crippen LogP contribution in [-0.2, 0) is 6.42 Å². The smallest absolute Gasteiger partial charge is 0.0438 e. The summed E-state index contributed by atoms with van der Waals surface area (Å²) < 4.78 is 0. The first-order chi connectivity index (χ1) is 7.81. The molecule has 1 aromatic rings. The molecule has 2 aliphatic rings. The summed E-state index contributed by atoms with van der Waals surface area (Å²) in [4.78, 5) is 0. The van der Waals surface area contributed by atoms with Gasteiger partial charge in [0.2, 0.25) is 0 Å². The van der Waals surface area contributed by atoms with E-state index in [9.17, 15) is 0 Å². The molecule has 2 heteroatoms. The summed E-state index contributed by atoms with van der Waals surface area (Å²) in [5.41, 5.74) is 1.33. The lowest BCUT2D eigenvalue weighted by atomic mass is 9.87. The predicted octanol–water partition coefficient (Wildman–Crippen LogP) is 3.41. The SMILES string of the molecule is Clc1ccccc1CC1CC2CCC(C1)N2. The average molecular weight is 236 g/mol. The van der Waals surface area contributed by atoms with Crippen molar-refractivity contribution in [3.63, 3.8) is 0 Å². The molecule has 16 heavy (non-hydrogen) atoms. The van der Waals surface area contributed by atoms with Gasteiger partial charge in [-0.1, -0.05) is 29.8 Å². The lowest BCUT2D eigenvalue weighted by Gasteiger charge is -2.29. The Balaban J connectivity index is 1.69. The minimum Gasteiger partial charge on any atom is -0.311 e. The minimum atomic E-state index is 0.784. The summed E-state index contributed by atoms with van der Waals surface area (Å²) in [6.07, 6.45) is 6.59. The fraction of sp³-hybridized carbons (Fsp3) is 0.571. The molecule has 0 spiro atoms. The predicted molar refractivity (Wildman–Crippen MR) is 67.8 cm³/mol. The first-order valence-corrected chi connectivity index (χ1v) is 6.68. The second-order valence-corrected chi connectivity index (χ2v) is 5.68. The Bertz CT molecular complexity index is 365. The summed E-state index contributed by atoms with van der Waals surface area (Å²) in [6.45, 7) is 0. The summed E-state index contributed by atoms with van der Waals surface area (Å²) in [5.74, 6) is 0.832. The quantitative estimate of drug-likeness (QED) is 0.829. The zero-order valence-electron chi connectivity index (χ0n) is 9.45. The molecule has 86 valence electrons. The standard InChI is InChI=1S/C14H18ClN/c15-14-4-2-1-3-11(14)7-10-8-12-5-6-13(9-10)16-12/h1-4,10,12-13,16H,5-9H2. The Morgan fingerprint density at radius 3 is 2.50 bits per heavy atom. The van der Waals surface area contributed by atoms with Gasteiger partial charge in [-0.05, 0) is 49.7 Å². The fourth-order valence-corrected chi connectivity index (χ4v) is 3.53. The van der Waals surface area contributed by atoms with Gasteiger partial charge < -0.3 is 5.32 Å².